The van der Waals surface area contributed by atoms with E-state index in [1.54, 1.807) is 17.2 Å². The van der Waals surface area contributed by atoms with Crippen LogP contribution in [-0.2, 0) is 19.6 Å². The van der Waals surface area contributed by atoms with Crippen molar-refractivity contribution in [3.05, 3.63) is 41.1 Å². The molecular weight excluding hydrogens is 396 g/mol. The smallest absolute Gasteiger partial charge is 0.262 e. The lowest BCUT2D eigenvalue weighted by molar-refractivity contribution is -0.118. The van der Waals surface area contributed by atoms with Gasteiger partial charge in [-0.15, -0.1) is 4.40 Å². The van der Waals surface area contributed by atoms with Crippen LogP contribution in [0.15, 0.2) is 40.5 Å². The summed E-state index contributed by atoms with van der Waals surface area (Å²) in [7, 11) is -3.61. The van der Waals surface area contributed by atoms with Gasteiger partial charge in [0, 0.05) is 18.8 Å². The molecule has 3 heterocycles. The third-order valence-corrected chi connectivity index (χ3v) is 5.51. The van der Waals surface area contributed by atoms with Crippen LogP contribution in [-0.4, -0.2) is 49.9 Å². The number of carbonyl (C=O) groups is 2. The van der Waals surface area contributed by atoms with Crippen molar-refractivity contribution in [2.24, 2.45) is 4.40 Å². The largest absolute Gasteiger partial charge is 0.482 e. The maximum absolute atomic E-state index is 12.7. The molecule has 1 aromatic carbocycles. The number of nitrogens with zero attached hydrogens (tertiary/aromatic N) is 2. The van der Waals surface area contributed by atoms with Crippen molar-refractivity contribution < 1.29 is 22.7 Å². The number of amidine groups is 1. The topological polar surface area (TPSA) is 117 Å². The van der Waals surface area contributed by atoms with Crippen molar-refractivity contribution in [3.63, 3.8) is 0 Å². The first-order chi connectivity index (χ1) is 12.8. The van der Waals surface area contributed by atoms with Gasteiger partial charge in [-0.3, -0.25) is 9.59 Å². The molecule has 3 aliphatic rings. The average molecular weight is 409 g/mol. The summed E-state index contributed by atoms with van der Waals surface area (Å²) < 4.78 is 32.6. The number of fused-ring (bicyclic) bond motifs is 2. The lowest BCUT2D eigenvalue weighted by Gasteiger charge is -2.28. The number of rotatable bonds is 2. The summed E-state index contributed by atoms with van der Waals surface area (Å²) >= 11 is 6.18. The fraction of sp³-hybridized carbons (Fsp3) is 0.188. The van der Waals surface area contributed by atoms with Crippen molar-refractivity contribution in [1.82, 2.24) is 4.90 Å². The van der Waals surface area contributed by atoms with Crippen molar-refractivity contribution in [2.75, 3.05) is 29.5 Å². The second-order valence-corrected chi connectivity index (χ2v) is 8.10. The van der Waals surface area contributed by atoms with Crippen molar-refractivity contribution in [3.8, 4) is 5.75 Å². The van der Waals surface area contributed by atoms with E-state index in [1.165, 1.54) is 18.2 Å². The molecule has 27 heavy (non-hydrogen) atoms. The van der Waals surface area contributed by atoms with Crippen LogP contribution in [0.5, 0.6) is 5.75 Å². The molecule has 9 nitrogen and oxygen atoms in total. The first-order valence-electron chi connectivity index (χ1n) is 7.88. The second kappa shape index (κ2) is 6.39. The van der Waals surface area contributed by atoms with Crippen LogP contribution >= 0.6 is 11.6 Å². The Balaban J connectivity index is 1.63. The summed E-state index contributed by atoms with van der Waals surface area (Å²) in [5, 5.41) is 5.44. The van der Waals surface area contributed by atoms with Crippen LogP contribution in [0.4, 0.5) is 11.4 Å². The predicted molar refractivity (Wildman–Crippen MR) is 99.4 cm³/mol. The van der Waals surface area contributed by atoms with Crippen molar-refractivity contribution in [1.29, 1.82) is 0 Å². The zero-order valence-corrected chi connectivity index (χ0v) is 15.3. The number of hydrogen-bond acceptors (Lipinski definition) is 6. The molecule has 11 heteroatoms. The highest BCUT2D eigenvalue weighted by Gasteiger charge is 2.30. The minimum Gasteiger partial charge on any atom is -0.482 e. The molecule has 0 fully saturated rings. The first kappa shape index (κ1) is 17.6. The van der Waals surface area contributed by atoms with Crippen LogP contribution in [0.25, 0.3) is 0 Å². The van der Waals surface area contributed by atoms with E-state index in [2.05, 4.69) is 15.0 Å². The molecule has 3 aliphatic heterocycles. The number of halogens is 1. The maximum atomic E-state index is 12.7. The second-order valence-electron chi connectivity index (χ2n) is 5.94. The normalized spacial score (nSPS) is 19.7. The number of hydrogen-bond donors (Lipinski definition) is 2. The molecule has 2 amide bonds. The minimum atomic E-state index is -3.61. The minimum absolute atomic E-state index is 0.0684. The molecule has 0 unspecified atom stereocenters. The van der Waals surface area contributed by atoms with Gasteiger partial charge in [-0.2, -0.15) is 0 Å². The van der Waals surface area contributed by atoms with E-state index in [9.17, 15) is 18.0 Å². The summed E-state index contributed by atoms with van der Waals surface area (Å²) in [6.45, 7) is 0.0804. The fourth-order valence-corrected chi connectivity index (χ4v) is 3.98. The number of allylic oxidation sites excluding steroid dienone is 2. The molecule has 2 N–H and O–H groups in total. The van der Waals surface area contributed by atoms with Gasteiger partial charge in [-0.05, 0) is 18.2 Å². The van der Waals surface area contributed by atoms with E-state index in [1.807, 2.05) is 0 Å². The van der Waals surface area contributed by atoms with E-state index < -0.39 is 15.9 Å². The molecule has 0 aliphatic carbocycles. The van der Waals surface area contributed by atoms with E-state index in [0.717, 1.165) is 0 Å². The lowest BCUT2D eigenvalue weighted by atomic mass is 10.1. The number of ether oxygens (including phenoxy) is 1. The summed E-state index contributed by atoms with van der Waals surface area (Å²) in [5.74, 6) is -0.548. The van der Waals surface area contributed by atoms with Crippen LogP contribution in [0, 0.1) is 0 Å². The zero-order valence-electron chi connectivity index (χ0n) is 13.7. The van der Waals surface area contributed by atoms with Gasteiger partial charge in [0.1, 0.15) is 5.75 Å². The lowest BCUT2D eigenvalue weighted by Crippen LogP contribution is -2.40. The number of benzene rings is 1. The molecule has 0 radical (unpaired) electrons. The van der Waals surface area contributed by atoms with Crippen molar-refractivity contribution in [2.45, 2.75) is 0 Å². The van der Waals surface area contributed by atoms with Gasteiger partial charge < -0.3 is 20.3 Å². The average Bonchev–Trinajstić information content (AvgIpc) is 2.61. The monoisotopic (exact) mass is 408 g/mol. The quantitative estimate of drug-likeness (QED) is 0.757. The van der Waals surface area contributed by atoms with Crippen LogP contribution in [0.2, 0.25) is 5.02 Å². The van der Waals surface area contributed by atoms with E-state index in [-0.39, 0.29) is 46.9 Å². The molecule has 0 saturated carbocycles. The van der Waals surface area contributed by atoms with E-state index in [0.29, 0.717) is 11.4 Å². The van der Waals surface area contributed by atoms with E-state index in [4.69, 9.17) is 16.3 Å². The highest BCUT2D eigenvalue weighted by Crippen LogP contribution is 2.36. The van der Waals surface area contributed by atoms with Gasteiger partial charge in [0.2, 0.25) is 0 Å². The summed E-state index contributed by atoms with van der Waals surface area (Å²) in [5.41, 5.74) is 0.768. The molecule has 0 saturated heterocycles. The molecule has 140 valence electrons. The maximum Gasteiger partial charge on any atom is 0.262 e. The summed E-state index contributed by atoms with van der Waals surface area (Å²) in [6, 6.07) is 2.96. The Kier molecular flexibility index (Phi) is 4.16. The number of anilines is 2. The Hall–Kier alpha value is -2.85. The van der Waals surface area contributed by atoms with Gasteiger partial charge in [0.15, 0.2) is 12.4 Å². The first-order valence-corrected chi connectivity index (χ1v) is 9.87. The summed E-state index contributed by atoms with van der Waals surface area (Å²) in [6.07, 6.45) is 4.78. The third-order valence-electron chi connectivity index (χ3n) is 4.05. The Labute approximate surface area is 159 Å². The van der Waals surface area contributed by atoms with Gasteiger partial charge in [-0.1, -0.05) is 11.6 Å². The Morgan fingerprint density at radius 1 is 1.37 bits per heavy atom. The van der Waals surface area contributed by atoms with Crippen LogP contribution in [0.3, 0.4) is 0 Å². The standard InChI is InChI=1S/C16H13ClN4O5S/c17-10-6-12-13(26-8-14(22)18-12)7-11(10)19-16(23)9-2-1-3-21-4-5-27(24,25)20-15(9)21/h1-3,6-7H,4-5,8H2,(H,18,22)(H,19,23). The zero-order chi connectivity index (χ0) is 19.2. The van der Waals surface area contributed by atoms with Gasteiger partial charge in [0.25, 0.3) is 21.8 Å². The molecule has 0 aromatic heterocycles. The Morgan fingerprint density at radius 2 is 2.19 bits per heavy atom. The Bertz CT molecular complexity index is 1060. The Morgan fingerprint density at radius 3 is 3.00 bits per heavy atom. The van der Waals surface area contributed by atoms with Crippen LogP contribution in [0.1, 0.15) is 0 Å². The molecule has 0 atom stereocenters. The number of sulfonamides is 1. The van der Waals surface area contributed by atoms with Gasteiger partial charge in [0.05, 0.1) is 27.7 Å². The van der Waals surface area contributed by atoms with Gasteiger partial charge in [-0.25, -0.2) is 8.42 Å². The van der Waals surface area contributed by atoms with Crippen molar-refractivity contribution >= 4 is 50.6 Å². The predicted octanol–water partition coefficient (Wildman–Crippen LogP) is 1.11. The number of nitrogens with one attached hydrogen (secondary N) is 2. The molecular formula is C16H13ClN4O5S. The van der Waals surface area contributed by atoms with Gasteiger partial charge >= 0.3 is 0 Å². The van der Waals surface area contributed by atoms with E-state index >= 15 is 0 Å². The molecule has 4 rings (SSSR count). The van der Waals surface area contributed by atoms with Crippen LogP contribution < -0.4 is 15.4 Å². The number of amides is 2. The number of carbonyl (C=O) groups excluding carboxylic acids is 2. The SMILES string of the molecule is O=C1COc2cc(NC(=O)C3=CC=CN4CCS(=O)(=O)N=C34)c(Cl)cc2N1. The third kappa shape index (κ3) is 3.40. The fourth-order valence-electron chi connectivity index (χ4n) is 2.78. The molecule has 0 bridgehead atoms. The highest BCUT2D eigenvalue weighted by molar-refractivity contribution is 7.90. The highest BCUT2D eigenvalue weighted by atomic mass is 35.5. The molecule has 1 aromatic rings. The molecule has 0 spiro atoms. The summed E-state index contributed by atoms with van der Waals surface area (Å²) in [4.78, 5) is 25.7.